The second kappa shape index (κ2) is 5.21. The van der Waals surface area contributed by atoms with Gasteiger partial charge in [0.1, 0.15) is 5.75 Å². The Morgan fingerprint density at radius 3 is 2.68 bits per heavy atom. The summed E-state index contributed by atoms with van der Waals surface area (Å²) in [4.78, 5) is 11.9. The number of amides is 1. The van der Waals surface area contributed by atoms with Gasteiger partial charge in [0.2, 0.25) is 5.91 Å². The Bertz CT molecular complexity index is 453. The van der Waals surface area contributed by atoms with Crippen LogP contribution in [0.1, 0.15) is 30.7 Å². The van der Waals surface area contributed by atoms with Crippen LogP contribution in [0.4, 0.5) is 0 Å². The summed E-state index contributed by atoms with van der Waals surface area (Å²) in [6.07, 6.45) is 3.26. The van der Waals surface area contributed by atoms with E-state index < -0.39 is 0 Å². The van der Waals surface area contributed by atoms with Gasteiger partial charge < -0.3 is 14.8 Å². The van der Waals surface area contributed by atoms with Gasteiger partial charge >= 0.3 is 0 Å². The van der Waals surface area contributed by atoms with Gasteiger partial charge in [-0.25, -0.2) is 0 Å². The Kier molecular flexibility index (Phi) is 3.42. The predicted octanol–water partition coefficient (Wildman–Crippen LogP) is 2.05. The van der Waals surface area contributed by atoms with E-state index >= 15 is 0 Å². The molecule has 102 valence electrons. The van der Waals surface area contributed by atoms with Crippen molar-refractivity contribution < 1.29 is 14.3 Å². The first-order chi connectivity index (χ1) is 9.28. The molecular formula is C15H19NO3. The van der Waals surface area contributed by atoms with E-state index in [1.54, 1.807) is 7.11 Å². The van der Waals surface area contributed by atoms with Gasteiger partial charge in [0.25, 0.3) is 0 Å². The van der Waals surface area contributed by atoms with Crippen molar-refractivity contribution in [3.8, 4) is 5.75 Å². The van der Waals surface area contributed by atoms with Crippen molar-refractivity contribution in [1.29, 1.82) is 0 Å². The van der Waals surface area contributed by atoms with Gasteiger partial charge in [-0.05, 0) is 42.9 Å². The quantitative estimate of drug-likeness (QED) is 0.797. The number of nitrogens with one attached hydrogen (secondary N) is 1. The molecule has 0 heterocycles. The molecule has 3 rings (SSSR count). The van der Waals surface area contributed by atoms with Crippen LogP contribution in [-0.4, -0.2) is 25.9 Å². The Morgan fingerprint density at radius 2 is 2.05 bits per heavy atom. The molecule has 0 radical (unpaired) electrons. The summed E-state index contributed by atoms with van der Waals surface area (Å²) in [5, 5.41) is 3.07. The molecule has 2 aliphatic carbocycles. The van der Waals surface area contributed by atoms with Gasteiger partial charge in [-0.3, -0.25) is 4.79 Å². The Labute approximate surface area is 113 Å². The van der Waals surface area contributed by atoms with E-state index in [-0.39, 0.29) is 18.6 Å². The average Bonchev–Trinajstić information content (AvgIpc) is 3.30. The molecule has 2 fully saturated rings. The largest absolute Gasteiger partial charge is 0.468 e. The molecule has 1 N–H and O–H groups in total. The summed E-state index contributed by atoms with van der Waals surface area (Å²) in [7, 11) is 1.60. The summed E-state index contributed by atoms with van der Waals surface area (Å²) in [6, 6.07) is 8.41. The predicted molar refractivity (Wildman–Crippen MR) is 71.0 cm³/mol. The lowest BCUT2D eigenvalue weighted by molar-refractivity contribution is -0.122. The van der Waals surface area contributed by atoms with Gasteiger partial charge in [-0.15, -0.1) is 0 Å². The highest BCUT2D eigenvalue weighted by molar-refractivity contribution is 5.83. The lowest BCUT2D eigenvalue weighted by Crippen LogP contribution is -2.27. The first-order valence-electron chi connectivity index (χ1n) is 6.80. The SMILES string of the molecule is COCOc1ccc(C2CC2C(=O)NC2CC2)cc1. The third kappa shape index (κ3) is 3.07. The number of carbonyl (C=O) groups excluding carboxylic acids is 1. The smallest absolute Gasteiger partial charge is 0.223 e. The van der Waals surface area contributed by atoms with Gasteiger partial charge in [0.15, 0.2) is 6.79 Å². The molecule has 2 aliphatic rings. The van der Waals surface area contributed by atoms with Crippen molar-refractivity contribution in [3.63, 3.8) is 0 Å². The second-order valence-corrected chi connectivity index (χ2v) is 5.35. The van der Waals surface area contributed by atoms with Gasteiger partial charge in [-0.2, -0.15) is 0 Å². The maximum Gasteiger partial charge on any atom is 0.223 e. The molecule has 1 aromatic carbocycles. The van der Waals surface area contributed by atoms with Crippen LogP contribution in [0, 0.1) is 5.92 Å². The number of carbonyl (C=O) groups is 1. The highest BCUT2D eigenvalue weighted by Gasteiger charge is 2.45. The van der Waals surface area contributed by atoms with Crippen LogP contribution in [-0.2, 0) is 9.53 Å². The van der Waals surface area contributed by atoms with Crippen molar-refractivity contribution in [3.05, 3.63) is 29.8 Å². The second-order valence-electron chi connectivity index (χ2n) is 5.35. The lowest BCUT2D eigenvalue weighted by atomic mass is 10.1. The van der Waals surface area contributed by atoms with E-state index in [4.69, 9.17) is 9.47 Å². The van der Waals surface area contributed by atoms with Crippen molar-refractivity contribution in [2.75, 3.05) is 13.9 Å². The lowest BCUT2D eigenvalue weighted by Gasteiger charge is -2.06. The standard InChI is InChI=1S/C15H19NO3/c1-18-9-19-12-6-2-10(3-7-12)13-8-14(13)15(17)16-11-4-5-11/h2-3,6-7,11,13-14H,4-5,8-9H2,1H3,(H,16,17). The van der Waals surface area contributed by atoms with Gasteiger partial charge in [0, 0.05) is 19.1 Å². The van der Waals surface area contributed by atoms with E-state index in [0.717, 1.165) is 25.0 Å². The number of rotatable bonds is 6. The van der Waals surface area contributed by atoms with Crippen LogP contribution in [0.25, 0.3) is 0 Å². The molecule has 2 saturated carbocycles. The molecule has 1 amide bonds. The molecule has 4 heteroatoms. The number of methoxy groups -OCH3 is 1. The monoisotopic (exact) mass is 261 g/mol. The van der Waals surface area contributed by atoms with Crippen LogP contribution < -0.4 is 10.1 Å². The third-order valence-electron chi connectivity index (χ3n) is 3.70. The summed E-state index contributed by atoms with van der Waals surface area (Å²) in [6.45, 7) is 0.259. The van der Waals surface area contributed by atoms with Crippen LogP contribution >= 0.6 is 0 Å². The first-order valence-corrected chi connectivity index (χ1v) is 6.80. The minimum absolute atomic E-state index is 0.173. The molecule has 0 bridgehead atoms. The van der Waals surface area contributed by atoms with Crippen molar-refractivity contribution in [2.24, 2.45) is 5.92 Å². The molecule has 2 atom stereocenters. The topological polar surface area (TPSA) is 47.6 Å². The maximum atomic E-state index is 11.9. The van der Waals surface area contributed by atoms with Crippen molar-refractivity contribution in [1.82, 2.24) is 5.32 Å². The van der Waals surface area contributed by atoms with E-state index in [1.165, 1.54) is 5.56 Å². The zero-order valence-electron chi connectivity index (χ0n) is 11.1. The highest BCUT2D eigenvalue weighted by Crippen LogP contribution is 2.48. The molecule has 1 aromatic rings. The molecule has 0 aliphatic heterocycles. The Balaban J connectivity index is 1.53. The van der Waals surface area contributed by atoms with E-state index in [2.05, 4.69) is 5.32 Å². The summed E-state index contributed by atoms with van der Waals surface area (Å²) in [5.74, 6) is 1.58. The Hall–Kier alpha value is -1.55. The summed E-state index contributed by atoms with van der Waals surface area (Å²) in [5.41, 5.74) is 1.22. The Morgan fingerprint density at radius 1 is 1.32 bits per heavy atom. The van der Waals surface area contributed by atoms with E-state index in [1.807, 2.05) is 24.3 Å². The minimum Gasteiger partial charge on any atom is -0.468 e. The highest BCUT2D eigenvalue weighted by atomic mass is 16.7. The number of benzene rings is 1. The molecule has 0 aromatic heterocycles. The first kappa shape index (κ1) is 12.5. The van der Waals surface area contributed by atoms with Gasteiger partial charge in [-0.1, -0.05) is 12.1 Å². The summed E-state index contributed by atoms with van der Waals surface area (Å²) < 4.78 is 10.2. The number of ether oxygens (including phenoxy) is 2. The molecule has 4 nitrogen and oxygen atoms in total. The molecule has 0 saturated heterocycles. The van der Waals surface area contributed by atoms with Crippen LogP contribution in [0.5, 0.6) is 5.75 Å². The van der Waals surface area contributed by atoms with Crippen molar-refractivity contribution in [2.45, 2.75) is 31.2 Å². The molecular weight excluding hydrogens is 242 g/mol. The van der Waals surface area contributed by atoms with E-state index in [0.29, 0.717) is 12.0 Å². The molecule has 0 spiro atoms. The fourth-order valence-electron chi connectivity index (χ4n) is 2.33. The minimum atomic E-state index is 0.173. The zero-order valence-corrected chi connectivity index (χ0v) is 11.1. The van der Waals surface area contributed by atoms with Gasteiger partial charge in [0.05, 0.1) is 0 Å². The normalized spacial score (nSPS) is 24.9. The third-order valence-corrected chi connectivity index (χ3v) is 3.70. The average molecular weight is 261 g/mol. The number of hydrogen-bond acceptors (Lipinski definition) is 3. The van der Waals surface area contributed by atoms with Crippen LogP contribution in [0.2, 0.25) is 0 Å². The fraction of sp³-hybridized carbons (Fsp3) is 0.533. The fourth-order valence-corrected chi connectivity index (χ4v) is 2.33. The number of hydrogen-bond donors (Lipinski definition) is 1. The molecule has 19 heavy (non-hydrogen) atoms. The molecule has 2 unspecified atom stereocenters. The van der Waals surface area contributed by atoms with Crippen molar-refractivity contribution >= 4 is 5.91 Å². The zero-order chi connectivity index (χ0) is 13.2. The maximum absolute atomic E-state index is 11.9. The van der Waals surface area contributed by atoms with E-state index in [9.17, 15) is 4.79 Å². The van der Waals surface area contributed by atoms with Crippen LogP contribution in [0.15, 0.2) is 24.3 Å². The van der Waals surface area contributed by atoms with Crippen LogP contribution in [0.3, 0.4) is 0 Å². The summed E-state index contributed by atoms with van der Waals surface area (Å²) >= 11 is 0.